The Labute approximate surface area is 245 Å². The van der Waals surface area contributed by atoms with Crippen molar-refractivity contribution in [3.63, 3.8) is 0 Å². The Morgan fingerprint density at radius 3 is 2.76 bits per heavy atom. The minimum atomic E-state index is -1.20. The Balaban J connectivity index is 1.16. The van der Waals surface area contributed by atoms with Crippen LogP contribution < -0.4 is 19.9 Å². The van der Waals surface area contributed by atoms with E-state index in [2.05, 4.69) is 39.2 Å². The summed E-state index contributed by atoms with van der Waals surface area (Å²) in [6, 6.07) is 16.0. The van der Waals surface area contributed by atoms with Crippen LogP contribution in [0.5, 0.6) is 5.75 Å². The van der Waals surface area contributed by atoms with E-state index >= 15 is 0 Å². The average molecular weight is 573 g/mol. The van der Waals surface area contributed by atoms with Gasteiger partial charge in [-0.25, -0.2) is 9.18 Å². The SMILES string of the molecule is C[C@@H]1CN(c2ccc(C#N)c3ncccc23)C[C@@H]2COc3cc(N4C[C@@H](F)[C@@H](NC(=O)OC(C)(C)C)C4)ccc3CN21. The van der Waals surface area contributed by atoms with Crippen LogP contribution in [0.3, 0.4) is 0 Å². The quantitative estimate of drug-likeness (QED) is 0.486. The summed E-state index contributed by atoms with van der Waals surface area (Å²) in [5.74, 6) is 0.813. The van der Waals surface area contributed by atoms with Gasteiger partial charge in [0.2, 0.25) is 0 Å². The number of fused-ring (bicyclic) bond motifs is 3. The number of alkyl carbamates (subject to hydrolysis) is 1. The number of benzene rings is 2. The zero-order chi connectivity index (χ0) is 29.6. The molecule has 2 saturated heterocycles. The molecular weight excluding hydrogens is 535 g/mol. The maximum absolute atomic E-state index is 14.9. The van der Waals surface area contributed by atoms with Gasteiger partial charge < -0.3 is 24.6 Å². The van der Waals surface area contributed by atoms with Crippen molar-refractivity contribution in [2.45, 2.75) is 64.1 Å². The number of aromatic nitrogens is 1. The normalized spacial score (nSPS) is 24.3. The summed E-state index contributed by atoms with van der Waals surface area (Å²) in [6.45, 7) is 11.1. The van der Waals surface area contributed by atoms with E-state index in [1.54, 1.807) is 27.0 Å². The topological polar surface area (TPSA) is 94.0 Å². The van der Waals surface area contributed by atoms with Gasteiger partial charge in [-0.05, 0) is 58.0 Å². The van der Waals surface area contributed by atoms with Crippen LogP contribution in [0.1, 0.15) is 38.8 Å². The smallest absolute Gasteiger partial charge is 0.408 e. The summed E-state index contributed by atoms with van der Waals surface area (Å²) >= 11 is 0. The fourth-order valence-electron chi connectivity index (χ4n) is 6.33. The molecule has 3 aliphatic rings. The number of amides is 1. The first kappa shape index (κ1) is 28.0. The summed E-state index contributed by atoms with van der Waals surface area (Å²) in [6.07, 6.45) is -0.0787. The molecule has 6 rings (SSSR count). The van der Waals surface area contributed by atoms with Gasteiger partial charge in [0, 0.05) is 66.8 Å². The first-order chi connectivity index (χ1) is 20.1. The third kappa shape index (κ3) is 5.53. The second-order valence-electron chi connectivity index (χ2n) is 12.5. The molecule has 0 radical (unpaired) electrons. The van der Waals surface area contributed by atoms with Crippen LogP contribution in [0.15, 0.2) is 48.7 Å². The lowest BCUT2D eigenvalue weighted by molar-refractivity contribution is 0.0490. The van der Waals surface area contributed by atoms with Crippen molar-refractivity contribution in [2.24, 2.45) is 0 Å². The van der Waals surface area contributed by atoms with Gasteiger partial charge in [0.25, 0.3) is 0 Å². The molecular formula is C32H37FN6O3. The van der Waals surface area contributed by atoms with Crippen molar-refractivity contribution < 1.29 is 18.7 Å². The number of pyridine rings is 1. The Bertz CT molecular complexity index is 1530. The summed E-state index contributed by atoms with van der Waals surface area (Å²) in [5, 5.41) is 13.2. The molecule has 10 heteroatoms. The number of anilines is 2. The summed E-state index contributed by atoms with van der Waals surface area (Å²) in [7, 11) is 0. The third-order valence-electron chi connectivity index (χ3n) is 8.31. The molecule has 2 aromatic carbocycles. The van der Waals surface area contributed by atoms with Gasteiger partial charge in [-0.2, -0.15) is 5.26 Å². The van der Waals surface area contributed by atoms with Crippen molar-refractivity contribution in [1.82, 2.24) is 15.2 Å². The molecule has 4 atom stereocenters. The highest BCUT2D eigenvalue weighted by atomic mass is 19.1. The minimum Gasteiger partial charge on any atom is -0.491 e. The number of hydrogen-bond donors (Lipinski definition) is 1. The number of alkyl halides is 1. The van der Waals surface area contributed by atoms with Crippen LogP contribution in [-0.2, 0) is 11.3 Å². The molecule has 1 N–H and O–H groups in total. The molecule has 9 nitrogen and oxygen atoms in total. The summed E-state index contributed by atoms with van der Waals surface area (Å²) in [4.78, 5) is 23.5. The molecule has 0 spiro atoms. The van der Waals surface area contributed by atoms with Gasteiger partial charge in [-0.3, -0.25) is 9.88 Å². The molecule has 3 aliphatic heterocycles. The number of carbonyl (C=O) groups excluding carboxylic acids is 1. The van der Waals surface area contributed by atoms with Gasteiger partial charge in [0.05, 0.1) is 29.7 Å². The maximum Gasteiger partial charge on any atom is 0.408 e. The van der Waals surface area contributed by atoms with Gasteiger partial charge in [0.15, 0.2) is 0 Å². The number of ether oxygens (including phenoxy) is 2. The van der Waals surface area contributed by atoms with Crippen LogP contribution in [0.2, 0.25) is 0 Å². The molecule has 3 aromatic rings. The van der Waals surface area contributed by atoms with E-state index < -0.39 is 23.9 Å². The molecule has 1 aromatic heterocycles. The Morgan fingerprint density at radius 2 is 1.98 bits per heavy atom. The number of piperazine rings is 1. The largest absolute Gasteiger partial charge is 0.491 e. The number of carbonyl (C=O) groups is 1. The van der Waals surface area contributed by atoms with Crippen LogP contribution >= 0.6 is 0 Å². The van der Waals surface area contributed by atoms with Gasteiger partial charge >= 0.3 is 6.09 Å². The lowest BCUT2D eigenvalue weighted by atomic mass is 10.0. The van der Waals surface area contributed by atoms with E-state index in [9.17, 15) is 14.4 Å². The van der Waals surface area contributed by atoms with Crippen molar-refractivity contribution in [1.29, 1.82) is 5.26 Å². The molecule has 2 fully saturated rings. The fourth-order valence-corrected chi connectivity index (χ4v) is 6.33. The molecule has 0 aliphatic carbocycles. The van der Waals surface area contributed by atoms with Gasteiger partial charge in [0.1, 0.15) is 30.2 Å². The van der Waals surface area contributed by atoms with Crippen molar-refractivity contribution in [3.8, 4) is 11.8 Å². The van der Waals surface area contributed by atoms with Gasteiger partial charge in [-0.1, -0.05) is 6.07 Å². The van der Waals surface area contributed by atoms with Crippen molar-refractivity contribution in [3.05, 3.63) is 59.8 Å². The van der Waals surface area contributed by atoms with E-state index in [1.807, 2.05) is 41.3 Å². The molecule has 220 valence electrons. The third-order valence-corrected chi connectivity index (χ3v) is 8.31. The summed E-state index contributed by atoms with van der Waals surface area (Å²) in [5.41, 5.74) is 3.72. The van der Waals surface area contributed by atoms with E-state index in [1.165, 1.54) is 0 Å². The van der Waals surface area contributed by atoms with Crippen molar-refractivity contribution >= 4 is 28.4 Å². The van der Waals surface area contributed by atoms with Gasteiger partial charge in [-0.15, -0.1) is 0 Å². The van der Waals surface area contributed by atoms with E-state index in [0.29, 0.717) is 18.7 Å². The number of nitriles is 1. The Morgan fingerprint density at radius 1 is 1.14 bits per heavy atom. The summed E-state index contributed by atoms with van der Waals surface area (Å²) < 4.78 is 26.6. The molecule has 0 saturated carbocycles. The predicted molar refractivity (Wildman–Crippen MR) is 160 cm³/mol. The average Bonchev–Trinajstić information content (AvgIpc) is 3.19. The van der Waals surface area contributed by atoms with E-state index in [-0.39, 0.29) is 18.6 Å². The van der Waals surface area contributed by atoms with Crippen LogP contribution in [0, 0.1) is 11.3 Å². The Kier molecular flexibility index (Phi) is 7.31. The van der Waals surface area contributed by atoms with Crippen LogP contribution in [0.4, 0.5) is 20.6 Å². The zero-order valence-corrected chi connectivity index (χ0v) is 24.5. The number of hydrogen-bond acceptors (Lipinski definition) is 8. The molecule has 42 heavy (non-hydrogen) atoms. The predicted octanol–water partition coefficient (Wildman–Crippen LogP) is 4.63. The molecule has 4 heterocycles. The standard InChI is InChI=1S/C32H37FN6O3/c1-20-14-38(28-10-8-21(13-34)30-25(28)6-5-11-35-30)16-24-19-41-29-12-23(9-7-22(29)15-39(20)24)37-17-26(33)27(18-37)36-31(40)42-32(2,3)4/h5-12,20,24,26-27H,14-19H2,1-4H3,(H,36,40)/t20-,24-,26-,27+/m1/s1. The number of nitrogens with one attached hydrogen (secondary N) is 1. The zero-order valence-electron chi connectivity index (χ0n) is 24.5. The monoisotopic (exact) mass is 572 g/mol. The minimum absolute atomic E-state index is 0.163. The first-order valence-corrected chi connectivity index (χ1v) is 14.5. The number of rotatable bonds is 3. The molecule has 0 unspecified atom stereocenters. The molecule has 1 amide bonds. The lowest BCUT2D eigenvalue weighted by Crippen LogP contribution is -2.58. The second-order valence-corrected chi connectivity index (χ2v) is 12.5. The lowest BCUT2D eigenvalue weighted by Gasteiger charge is -2.45. The van der Waals surface area contributed by atoms with E-state index in [0.717, 1.165) is 53.2 Å². The van der Waals surface area contributed by atoms with E-state index in [4.69, 9.17) is 9.47 Å². The van der Waals surface area contributed by atoms with Crippen molar-refractivity contribution in [2.75, 3.05) is 42.6 Å². The highest BCUT2D eigenvalue weighted by Crippen LogP contribution is 2.36. The first-order valence-electron chi connectivity index (χ1n) is 14.5. The second kappa shape index (κ2) is 11.0. The van der Waals surface area contributed by atoms with Crippen LogP contribution in [0.25, 0.3) is 10.9 Å². The number of nitrogens with zero attached hydrogens (tertiary/aromatic N) is 5. The Hall–Kier alpha value is -4.10. The molecule has 0 bridgehead atoms. The fraction of sp³-hybridized carbons (Fsp3) is 0.469. The van der Waals surface area contributed by atoms with Crippen LogP contribution in [-0.4, -0.2) is 78.7 Å². The highest BCUT2D eigenvalue weighted by molar-refractivity contribution is 5.95. The maximum atomic E-state index is 14.9. The highest BCUT2D eigenvalue weighted by Gasteiger charge is 2.38. The number of halogens is 1.